The van der Waals surface area contributed by atoms with Gasteiger partial charge in [-0.25, -0.2) is 0 Å². The molecule has 0 aliphatic carbocycles. The molecule has 1 aromatic heterocycles. The van der Waals surface area contributed by atoms with Crippen LogP contribution in [0, 0.1) is 0 Å². The molecule has 0 bridgehead atoms. The Morgan fingerprint density at radius 3 is 2.93 bits per heavy atom. The molecule has 0 aromatic carbocycles. The second-order valence-electron chi connectivity index (χ2n) is 4.02. The maximum absolute atomic E-state index is 5.67. The minimum absolute atomic E-state index is 0.556. The Kier molecular flexibility index (Phi) is 4.11. The fraction of sp³-hybridized carbons (Fsp3) is 0.583. The highest BCUT2D eigenvalue weighted by molar-refractivity contribution is 5.07. The van der Waals surface area contributed by atoms with Gasteiger partial charge in [0.1, 0.15) is 0 Å². The Hall–Kier alpha value is -0.930. The van der Waals surface area contributed by atoms with Gasteiger partial charge in [0.25, 0.3) is 0 Å². The lowest BCUT2D eigenvalue weighted by molar-refractivity contribution is 0.0911. The second-order valence-corrected chi connectivity index (χ2v) is 4.02. The summed E-state index contributed by atoms with van der Waals surface area (Å²) in [4.78, 5) is 3.98. The van der Waals surface area contributed by atoms with Crippen LogP contribution in [0.15, 0.2) is 24.5 Å². The summed E-state index contributed by atoms with van der Waals surface area (Å²) >= 11 is 0. The van der Waals surface area contributed by atoms with Gasteiger partial charge in [-0.2, -0.15) is 0 Å². The molecule has 0 radical (unpaired) electrons. The number of piperidine rings is 1. The molecule has 1 aliphatic rings. The number of ether oxygens (including phenoxy) is 1. The number of aromatic nitrogens is 1. The lowest BCUT2D eigenvalue weighted by Gasteiger charge is -2.23. The molecule has 0 amide bonds. The molecular weight excluding hydrogens is 188 g/mol. The van der Waals surface area contributed by atoms with Gasteiger partial charge in [0.15, 0.2) is 0 Å². The normalized spacial score (nSPS) is 21.5. The summed E-state index contributed by atoms with van der Waals surface area (Å²) in [6.45, 7) is 2.66. The number of nitrogens with one attached hydrogen (secondary N) is 1. The molecule has 3 heteroatoms. The molecule has 15 heavy (non-hydrogen) atoms. The van der Waals surface area contributed by atoms with E-state index in [1.54, 1.807) is 12.4 Å². The van der Waals surface area contributed by atoms with Crippen LogP contribution in [0.1, 0.15) is 24.8 Å². The molecular formula is C12H18N2O. The average Bonchev–Trinajstić information content (AvgIpc) is 2.32. The van der Waals surface area contributed by atoms with E-state index < -0.39 is 0 Å². The summed E-state index contributed by atoms with van der Waals surface area (Å²) in [6, 6.07) is 4.54. The zero-order valence-electron chi connectivity index (χ0n) is 8.98. The van der Waals surface area contributed by atoms with Crippen molar-refractivity contribution in [3.8, 4) is 0 Å². The highest BCUT2D eigenvalue weighted by atomic mass is 16.5. The molecule has 3 nitrogen and oxygen atoms in total. The van der Waals surface area contributed by atoms with Crippen molar-refractivity contribution >= 4 is 0 Å². The van der Waals surface area contributed by atoms with Crippen LogP contribution in [-0.4, -0.2) is 24.2 Å². The van der Waals surface area contributed by atoms with E-state index in [0.29, 0.717) is 12.6 Å². The van der Waals surface area contributed by atoms with Crippen molar-refractivity contribution in [1.29, 1.82) is 0 Å². The van der Waals surface area contributed by atoms with E-state index in [2.05, 4.69) is 10.3 Å². The number of rotatable bonds is 4. The zero-order chi connectivity index (χ0) is 10.3. The zero-order valence-corrected chi connectivity index (χ0v) is 8.98. The third kappa shape index (κ3) is 3.61. The molecule has 1 N–H and O–H groups in total. The number of nitrogens with zero attached hydrogens (tertiary/aromatic N) is 1. The first kappa shape index (κ1) is 10.6. The van der Waals surface area contributed by atoms with Crippen LogP contribution in [0.2, 0.25) is 0 Å². The van der Waals surface area contributed by atoms with Gasteiger partial charge in [-0.05, 0) is 37.1 Å². The van der Waals surface area contributed by atoms with E-state index in [1.165, 1.54) is 24.8 Å². The van der Waals surface area contributed by atoms with Crippen LogP contribution in [0.3, 0.4) is 0 Å². The van der Waals surface area contributed by atoms with Gasteiger partial charge < -0.3 is 10.1 Å². The smallest absolute Gasteiger partial charge is 0.0718 e. The molecule has 1 atom stereocenters. The van der Waals surface area contributed by atoms with E-state index in [0.717, 1.165) is 13.2 Å². The van der Waals surface area contributed by atoms with Crippen LogP contribution in [0.5, 0.6) is 0 Å². The molecule has 0 spiro atoms. The minimum atomic E-state index is 0.556. The molecule has 0 unspecified atom stereocenters. The van der Waals surface area contributed by atoms with Crippen molar-refractivity contribution in [2.75, 3.05) is 13.2 Å². The molecule has 1 aliphatic heterocycles. The Balaban J connectivity index is 1.66. The Labute approximate surface area is 90.9 Å². The van der Waals surface area contributed by atoms with Gasteiger partial charge in [-0.1, -0.05) is 6.42 Å². The Morgan fingerprint density at radius 2 is 2.20 bits per heavy atom. The fourth-order valence-electron chi connectivity index (χ4n) is 1.86. The maximum Gasteiger partial charge on any atom is 0.0718 e. The largest absolute Gasteiger partial charge is 0.375 e. The molecule has 2 heterocycles. The summed E-state index contributed by atoms with van der Waals surface area (Å²) in [5.74, 6) is 0. The van der Waals surface area contributed by atoms with Gasteiger partial charge in [-0.3, -0.25) is 4.98 Å². The topological polar surface area (TPSA) is 34.1 Å². The number of hydrogen-bond acceptors (Lipinski definition) is 3. The van der Waals surface area contributed by atoms with Crippen molar-refractivity contribution in [3.63, 3.8) is 0 Å². The first-order chi connectivity index (χ1) is 7.45. The van der Waals surface area contributed by atoms with Crippen molar-refractivity contribution in [2.24, 2.45) is 0 Å². The van der Waals surface area contributed by atoms with Crippen LogP contribution in [0.4, 0.5) is 0 Å². The SMILES string of the molecule is c1cc(COC[C@@H]2CCCCN2)ccn1. The third-order valence-corrected chi connectivity index (χ3v) is 2.75. The summed E-state index contributed by atoms with van der Waals surface area (Å²) in [7, 11) is 0. The lowest BCUT2D eigenvalue weighted by Crippen LogP contribution is -2.37. The van der Waals surface area contributed by atoms with Crippen molar-refractivity contribution < 1.29 is 4.74 Å². The van der Waals surface area contributed by atoms with Crippen molar-refractivity contribution in [2.45, 2.75) is 31.9 Å². The van der Waals surface area contributed by atoms with Crippen LogP contribution in [0.25, 0.3) is 0 Å². The van der Waals surface area contributed by atoms with Crippen LogP contribution in [-0.2, 0) is 11.3 Å². The monoisotopic (exact) mass is 206 g/mol. The highest BCUT2D eigenvalue weighted by Gasteiger charge is 2.11. The first-order valence-electron chi connectivity index (χ1n) is 5.65. The quantitative estimate of drug-likeness (QED) is 0.814. The van der Waals surface area contributed by atoms with Crippen molar-refractivity contribution in [3.05, 3.63) is 30.1 Å². The molecule has 1 aromatic rings. The summed E-state index contributed by atoms with van der Waals surface area (Å²) < 4.78 is 5.67. The summed E-state index contributed by atoms with van der Waals surface area (Å²) in [5, 5.41) is 3.47. The number of pyridine rings is 1. The highest BCUT2D eigenvalue weighted by Crippen LogP contribution is 2.08. The maximum atomic E-state index is 5.67. The third-order valence-electron chi connectivity index (χ3n) is 2.75. The van der Waals surface area contributed by atoms with Crippen LogP contribution < -0.4 is 5.32 Å². The first-order valence-corrected chi connectivity index (χ1v) is 5.65. The van der Waals surface area contributed by atoms with Gasteiger partial charge in [-0.15, -0.1) is 0 Å². The van der Waals surface area contributed by atoms with Gasteiger partial charge in [0.05, 0.1) is 13.2 Å². The van der Waals surface area contributed by atoms with E-state index in [4.69, 9.17) is 4.74 Å². The number of hydrogen-bond donors (Lipinski definition) is 1. The predicted molar refractivity (Wildman–Crippen MR) is 59.5 cm³/mol. The van der Waals surface area contributed by atoms with E-state index in [1.807, 2.05) is 12.1 Å². The summed E-state index contributed by atoms with van der Waals surface area (Å²) in [6.07, 6.45) is 7.49. The Morgan fingerprint density at radius 1 is 1.33 bits per heavy atom. The summed E-state index contributed by atoms with van der Waals surface area (Å²) in [5.41, 5.74) is 1.20. The molecule has 1 saturated heterocycles. The van der Waals surface area contributed by atoms with Gasteiger partial charge >= 0.3 is 0 Å². The standard InChI is InChI=1S/C12H18N2O/c1-2-6-14-12(3-1)10-15-9-11-4-7-13-8-5-11/h4-5,7-8,12,14H,1-3,6,9-10H2/t12-/m0/s1. The van der Waals surface area contributed by atoms with Crippen LogP contribution >= 0.6 is 0 Å². The Bertz CT molecular complexity index is 270. The molecule has 2 rings (SSSR count). The van der Waals surface area contributed by atoms with Crippen molar-refractivity contribution in [1.82, 2.24) is 10.3 Å². The van der Waals surface area contributed by atoms with E-state index >= 15 is 0 Å². The molecule has 1 fully saturated rings. The lowest BCUT2D eigenvalue weighted by atomic mass is 10.1. The van der Waals surface area contributed by atoms with E-state index in [-0.39, 0.29) is 0 Å². The van der Waals surface area contributed by atoms with Gasteiger partial charge in [0, 0.05) is 18.4 Å². The second kappa shape index (κ2) is 5.83. The fourth-order valence-corrected chi connectivity index (χ4v) is 1.86. The minimum Gasteiger partial charge on any atom is -0.375 e. The average molecular weight is 206 g/mol. The predicted octanol–water partition coefficient (Wildman–Crippen LogP) is 1.74. The molecule has 0 saturated carbocycles. The van der Waals surface area contributed by atoms with E-state index in [9.17, 15) is 0 Å². The molecule has 82 valence electrons. The van der Waals surface area contributed by atoms with Gasteiger partial charge in [0.2, 0.25) is 0 Å².